The number of ether oxygens (including phenoxy) is 1. The van der Waals surface area contributed by atoms with Gasteiger partial charge < -0.3 is 14.7 Å². The Morgan fingerprint density at radius 1 is 1.22 bits per heavy atom. The zero-order chi connectivity index (χ0) is 19.6. The maximum Gasteiger partial charge on any atom is 0.295 e. The van der Waals surface area contributed by atoms with Crippen molar-refractivity contribution in [2.45, 2.75) is 26.3 Å². The number of carbonyl (C=O) groups is 2. The van der Waals surface area contributed by atoms with E-state index in [-0.39, 0.29) is 11.3 Å². The predicted molar refractivity (Wildman–Crippen MR) is 101 cm³/mol. The number of hydrogen-bond donors (Lipinski definition) is 1. The Morgan fingerprint density at radius 2 is 1.93 bits per heavy atom. The second kappa shape index (κ2) is 7.61. The third kappa shape index (κ3) is 3.30. The molecule has 2 heterocycles. The molecule has 1 unspecified atom stereocenters. The molecule has 6 heteroatoms. The van der Waals surface area contributed by atoms with Gasteiger partial charge in [0.15, 0.2) is 0 Å². The highest BCUT2D eigenvalue weighted by atomic mass is 16.5. The molecular weight excluding hydrogens is 344 g/mol. The van der Waals surface area contributed by atoms with Crippen molar-refractivity contribution in [3.05, 3.63) is 65.0 Å². The summed E-state index contributed by atoms with van der Waals surface area (Å²) >= 11 is 0. The average Bonchev–Trinajstić information content (AvgIpc) is 2.93. The summed E-state index contributed by atoms with van der Waals surface area (Å²) in [5, 5.41) is 11.0. The second-order valence-electron chi connectivity index (χ2n) is 6.45. The van der Waals surface area contributed by atoms with Crippen molar-refractivity contribution < 1.29 is 19.4 Å². The Bertz CT molecular complexity index is 906. The maximum atomic E-state index is 12.8. The minimum absolute atomic E-state index is 0.105. The predicted octanol–water partition coefficient (Wildman–Crippen LogP) is 3.23. The van der Waals surface area contributed by atoms with Gasteiger partial charge in [0.05, 0.1) is 18.7 Å². The molecule has 0 spiro atoms. The SMILES string of the molecule is CCCN1C(=O)C(=O)/C(=C(\O)c2ccc(OC)cc2C)C1c1ccncc1. The van der Waals surface area contributed by atoms with E-state index in [0.717, 1.165) is 11.1 Å². The van der Waals surface area contributed by atoms with E-state index >= 15 is 0 Å². The first kappa shape index (κ1) is 18.6. The van der Waals surface area contributed by atoms with Crippen molar-refractivity contribution in [1.82, 2.24) is 9.88 Å². The van der Waals surface area contributed by atoms with Gasteiger partial charge in [0, 0.05) is 24.5 Å². The van der Waals surface area contributed by atoms with E-state index in [4.69, 9.17) is 4.74 Å². The van der Waals surface area contributed by atoms with Crippen molar-refractivity contribution >= 4 is 17.4 Å². The normalized spacial score (nSPS) is 18.8. The Morgan fingerprint density at radius 3 is 2.52 bits per heavy atom. The number of carbonyl (C=O) groups excluding carboxylic acids is 2. The minimum Gasteiger partial charge on any atom is -0.507 e. The molecule has 0 radical (unpaired) electrons. The van der Waals surface area contributed by atoms with Gasteiger partial charge in [0.25, 0.3) is 11.7 Å². The highest BCUT2D eigenvalue weighted by molar-refractivity contribution is 6.46. The molecule has 0 saturated carbocycles. The summed E-state index contributed by atoms with van der Waals surface area (Å²) in [6.45, 7) is 4.19. The number of aromatic nitrogens is 1. The Hall–Kier alpha value is -3.15. The molecule has 6 nitrogen and oxygen atoms in total. The monoisotopic (exact) mass is 366 g/mol. The molecule has 1 aliphatic heterocycles. The third-order valence-corrected chi connectivity index (χ3v) is 4.72. The van der Waals surface area contributed by atoms with Crippen molar-refractivity contribution in [3.8, 4) is 5.75 Å². The van der Waals surface area contributed by atoms with Gasteiger partial charge in [-0.05, 0) is 54.8 Å². The first-order valence-electron chi connectivity index (χ1n) is 8.83. The van der Waals surface area contributed by atoms with Crippen LogP contribution in [-0.2, 0) is 9.59 Å². The molecule has 140 valence electrons. The third-order valence-electron chi connectivity index (χ3n) is 4.72. The lowest BCUT2D eigenvalue weighted by Gasteiger charge is -2.24. The lowest BCUT2D eigenvalue weighted by molar-refractivity contribution is -0.139. The van der Waals surface area contributed by atoms with Gasteiger partial charge in [0.1, 0.15) is 11.5 Å². The molecule has 1 aromatic heterocycles. The molecule has 1 saturated heterocycles. The highest BCUT2D eigenvalue weighted by Crippen LogP contribution is 2.39. The smallest absolute Gasteiger partial charge is 0.295 e. The number of nitrogens with zero attached hydrogens (tertiary/aromatic N) is 2. The van der Waals surface area contributed by atoms with E-state index in [2.05, 4.69) is 4.98 Å². The van der Waals surface area contributed by atoms with Crippen LogP contribution in [0, 0.1) is 6.92 Å². The van der Waals surface area contributed by atoms with Gasteiger partial charge in [-0.2, -0.15) is 0 Å². The number of aliphatic hydroxyl groups excluding tert-OH is 1. The number of benzene rings is 1. The topological polar surface area (TPSA) is 79.7 Å². The van der Waals surface area contributed by atoms with Gasteiger partial charge in [-0.3, -0.25) is 14.6 Å². The number of aliphatic hydroxyl groups is 1. The summed E-state index contributed by atoms with van der Waals surface area (Å²) in [6, 6.07) is 8.07. The molecule has 27 heavy (non-hydrogen) atoms. The lowest BCUT2D eigenvalue weighted by Crippen LogP contribution is -2.30. The van der Waals surface area contributed by atoms with E-state index in [1.807, 2.05) is 13.8 Å². The molecule has 1 aliphatic rings. The van der Waals surface area contributed by atoms with Crippen LogP contribution < -0.4 is 4.74 Å². The Balaban J connectivity index is 2.19. The van der Waals surface area contributed by atoms with Gasteiger partial charge in [-0.1, -0.05) is 6.92 Å². The van der Waals surface area contributed by atoms with Gasteiger partial charge in [-0.15, -0.1) is 0 Å². The molecule has 1 N–H and O–H groups in total. The van der Waals surface area contributed by atoms with E-state index in [9.17, 15) is 14.7 Å². The Kier molecular flexibility index (Phi) is 5.26. The molecule has 1 fully saturated rings. The number of methoxy groups -OCH3 is 1. The Labute approximate surface area is 158 Å². The van der Waals surface area contributed by atoms with Crippen LogP contribution in [0.5, 0.6) is 5.75 Å². The molecule has 2 aromatic rings. The van der Waals surface area contributed by atoms with Crippen LogP contribution in [0.25, 0.3) is 5.76 Å². The molecule has 0 aliphatic carbocycles. The summed E-state index contributed by atoms with van der Waals surface area (Å²) in [5.74, 6) is -0.778. The molecule has 1 amide bonds. The van der Waals surface area contributed by atoms with E-state index < -0.39 is 17.7 Å². The fourth-order valence-electron chi connectivity index (χ4n) is 3.42. The molecule has 1 aromatic carbocycles. The van der Waals surface area contributed by atoms with E-state index in [0.29, 0.717) is 24.3 Å². The van der Waals surface area contributed by atoms with Crippen LogP contribution in [0.2, 0.25) is 0 Å². The summed E-state index contributed by atoms with van der Waals surface area (Å²) in [5.41, 5.74) is 2.10. The maximum absolute atomic E-state index is 12.8. The number of rotatable bonds is 5. The quantitative estimate of drug-likeness (QED) is 0.499. The summed E-state index contributed by atoms with van der Waals surface area (Å²) in [4.78, 5) is 30.9. The van der Waals surface area contributed by atoms with E-state index in [1.165, 1.54) is 4.90 Å². The second-order valence-corrected chi connectivity index (χ2v) is 6.45. The number of likely N-dealkylation sites (tertiary alicyclic amines) is 1. The fraction of sp³-hybridized carbons (Fsp3) is 0.286. The van der Waals surface area contributed by atoms with Crippen LogP contribution >= 0.6 is 0 Å². The zero-order valence-corrected chi connectivity index (χ0v) is 15.6. The number of pyridine rings is 1. The highest BCUT2D eigenvalue weighted by Gasteiger charge is 2.45. The average molecular weight is 366 g/mol. The van der Waals surface area contributed by atoms with Crippen molar-refractivity contribution in [2.75, 3.05) is 13.7 Å². The van der Waals surface area contributed by atoms with E-state index in [1.54, 1.807) is 49.8 Å². The van der Waals surface area contributed by atoms with Gasteiger partial charge >= 0.3 is 0 Å². The standard InChI is InChI=1S/C21H22N2O4/c1-4-11-23-18(14-7-9-22-10-8-14)17(20(25)21(23)26)19(24)16-6-5-15(27-3)12-13(16)2/h5-10,12,18,24H,4,11H2,1-3H3/b19-17-. The molecular formula is C21H22N2O4. The summed E-state index contributed by atoms with van der Waals surface area (Å²) in [7, 11) is 1.56. The van der Waals surface area contributed by atoms with Crippen LogP contribution in [0.15, 0.2) is 48.3 Å². The van der Waals surface area contributed by atoms with Crippen molar-refractivity contribution in [1.29, 1.82) is 0 Å². The zero-order valence-electron chi connectivity index (χ0n) is 15.6. The molecule has 0 bridgehead atoms. The first-order chi connectivity index (χ1) is 13.0. The fourth-order valence-corrected chi connectivity index (χ4v) is 3.42. The molecule has 3 rings (SSSR count). The number of ketones is 1. The lowest BCUT2D eigenvalue weighted by atomic mass is 9.94. The van der Waals surface area contributed by atoms with Crippen LogP contribution in [0.4, 0.5) is 0 Å². The first-order valence-corrected chi connectivity index (χ1v) is 8.83. The summed E-state index contributed by atoms with van der Waals surface area (Å²) < 4.78 is 5.20. The van der Waals surface area contributed by atoms with Crippen LogP contribution in [-0.4, -0.2) is 40.3 Å². The number of aryl methyl sites for hydroxylation is 1. The number of amides is 1. The summed E-state index contributed by atoms with van der Waals surface area (Å²) in [6.07, 6.45) is 3.93. The van der Waals surface area contributed by atoms with Crippen LogP contribution in [0.3, 0.4) is 0 Å². The van der Waals surface area contributed by atoms with Gasteiger partial charge in [-0.25, -0.2) is 0 Å². The van der Waals surface area contributed by atoms with Crippen molar-refractivity contribution in [2.24, 2.45) is 0 Å². The number of hydrogen-bond acceptors (Lipinski definition) is 5. The van der Waals surface area contributed by atoms with Gasteiger partial charge in [0.2, 0.25) is 0 Å². The van der Waals surface area contributed by atoms with Crippen LogP contribution in [0.1, 0.15) is 36.1 Å². The minimum atomic E-state index is -0.669. The van der Waals surface area contributed by atoms with Crippen molar-refractivity contribution in [3.63, 3.8) is 0 Å². The largest absolute Gasteiger partial charge is 0.507 e. The molecule has 1 atom stereocenters. The number of Topliss-reactive ketones (excluding diaryl/α,β-unsaturated/α-hetero) is 1.